The maximum Gasteiger partial charge on any atom is 0.227 e. The fraction of sp³-hybridized carbons (Fsp3) is 0.529. The van der Waals surface area contributed by atoms with Crippen LogP contribution in [0, 0.1) is 5.92 Å². The van der Waals surface area contributed by atoms with E-state index in [1.807, 2.05) is 18.2 Å². The molecule has 0 atom stereocenters. The van der Waals surface area contributed by atoms with Gasteiger partial charge in [0, 0.05) is 17.0 Å². The van der Waals surface area contributed by atoms with Crippen LogP contribution in [0.15, 0.2) is 18.2 Å². The minimum Gasteiger partial charge on any atom is -0.326 e. The fourth-order valence-corrected chi connectivity index (χ4v) is 3.71. The summed E-state index contributed by atoms with van der Waals surface area (Å²) >= 11 is 1.71. The number of nitrogens with zero attached hydrogens (tertiary/aromatic N) is 1. The second-order valence-corrected chi connectivity index (χ2v) is 8.00. The Hall–Kier alpha value is -1.17. The molecule has 4 nitrogen and oxygen atoms in total. The number of rotatable bonds is 2. The monoisotopic (exact) mass is 353 g/mol. The molecule has 1 aliphatic rings. The number of hydrogen-bond acceptors (Lipinski definition) is 4. The van der Waals surface area contributed by atoms with Crippen molar-refractivity contribution >= 4 is 45.6 Å². The number of halogens is 1. The summed E-state index contributed by atoms with van der Waals surface area (Å²) in [6, 6.07) is 5.99. The van der Waals surface area contributed by atoms with Crippen molar-refractivity contribution in [2.24, 2.45) is 5.92 Å². The summed E-state index contributed by atoms with van der Waals surface area (Å²) in [6.45, 7) is 8.38. The number of piperidine rings is 1. The first kappa shape index (κ1) is 18.2. The highest BCUT2D eigenvalue weighted by Gasteiger charge is 2.22. The van der Waals surface area contributed by atoms with Crippen LogP contribution in [0.3, 0.4) is 0 Å². The Labute approximate surface area is 147 Å². The van der Waals surface area contributed by atoms with Crippen LogP contribution in [-0.2, 0) is 10.2 Å². The van der Waals surface area contributed by atoms with E-state index in [2.05, 4.69) is 31.4 Å². The van der Waals surface area contributed by atoms with Crippen molar-refractivity contribution in [1.29, 1.82) is 0 Å². The van der Waals surface area contributed by atoms with Gasteiger partial charge in [-0.2, -0.15) is 0 Å². The molecule has 23 heavy (non-hydrogen) atoms. The Kier molecular flexibility index (Phi) is 5.65. The van der Waals surface area contributed by atoms with Gasteiger partial charge in [0.05, 0.1) is 15.2 Å². The molecule has 1 aliphatic heterocycles. The van der Waals surface area contributed by atoms with E-state index in [0.717, 1.165) is 46.8 Å². The number of aromatic nitrogens is 1. The second kappa shape index (κ2) is 7.16. The standard InChI is InChI=1S/C17H23N3OS.ClH/c1-17(2,3)16-20-13-5-4-12(10-14(13)22-16)19-15(21)11-6-8-18-9-7-11;/h4-5,10-11,18H,6-9H2,1-3H3,(H,19,21);1H. The fourth-order valence-electron chi connectivity index (χ4n) is 2.65. The van der Waals surface area contributed by atoms with Crippen LogP contribution < -0.4 is 10.6 Å². The molecule has 1 aromatic heterocycles. The molecule has 2 heterocycles. The van der Waals surface area contributed by atoms with E-state index in [9.17, 15) is 4.79 Å². The average molecular weight is 354 g/mol. The zero-order valence-corrected chi connectivity index (χ0v) is 15.4. The Morgan fingerprint density at radius 3 is 2.65 bits per heavy atom. The van der Waals surface area contributed by atoms with Crippen molar-refractivity contribution in [2.75, 3.05) is 18.4 Å². The number of anilines is 1. The molecule has 3 rings (SSSR count). The molecular formula is C17H24ClN3OS. The van der Waals surface area contributed by atoms with Crippen LogP contribution in [0.2, 0.25) is 0 Å². The Morgan fingerprint density at radius 1 is 1.30 bits per heavy atom. The van der Waals surface area contributed by atoms with Gasteiger partial charge in [0.1, 0.15) is 0 Å². The van der Waals surface area contributed by atoms with Crippen molar-refractivity contribution in [3.05, 3.63) is 23.2 Å². The van der Waals surface area contributed by atoms with Crippen LogP contribution in [0.4, 0.5) is 5.69 Å². The number of thiazole rings is 1. The number of carbonyl (C=O) groups excluding carboxylic acids is 1. The minimum absolute atomic E-state index is 0. The third-order valence-electron chi connectivity index (χ3n) is 4.01. The lowest BCUT2D eigenvalue weighted by Crippen LogP contribution is -2.34. The largest absolute Gasteiger partial charge is 0.326 e. The van der Waals surface area contributed by atoms with Gasteiger partial charge in [0.25, 0.3) is 0 Å². The molecule has 2 aromatic rings. The highest BCUT2D eigenvalue weighted by molar-refractivity contribution is 7.18. The summed E-state index contributed by atoms with van der Waals surface area (Å²) < 4.78 is 1.13. The summed E-state index contributed by atoms with van der Waals surface area (Å²) in [7, 11) is 0. The van der Waals surface area contributed by atoms with E-state index in [0.29, 0.717) is 0 Å². The van der Waals surface area contributed by atoms with Crippen LogP contribution in [0.1, 0.15) is 38.6 Å². The zero-order valence-electron chi connectivity index (χ0n) is 13.8. The van der Waals surface area contributed by atoms with Gasteiger partial charge in [0.2, 0.25) is 5.91 Å². The number of nitrogens with one attached hydrogen (secondary N) is 2. The molecule has 0 spiro atoms. The molecule has 1 amide bonds. The number of amides is 1. The highest BCUT2D eigenvalue weighted by Crippen LogP contribution is 2.32. The van der Waals surface area contributed by atoms with Crippen LogP contribution in [0.5, 0.6) is 0 Å². The summed E-state index contributed by atoms with van der Waals surface area (Å²) in [5, 5.41) is 7.48. The third kappa shape index (κ3) is 4.22. The number of fused-ring (bicyclic) bond motifs is 1. The van der Waals surface area contributed by atoms with Gasteiger partial charge in [-0.3, -0.25) is 4.79 Å². The lowest BCUT2D eigenvalue weighted by atomic mass is 9.97. The first-order chi connectivity index (χ1) is 10.4. The van der Waals surface area contributed by atoms with E-state index < -0.39 is 0 Å². The smallest absolute Gasteiger partial charge is 0.227 e. The topological polar surface area (TPSA) is 54.0 Å². The molecule has 1 aromatic carbocycles. The molecule has 2 N–H and O–H groups in total. The summed E-state index contributed by atoms with van der Waals surface area (Å²) in [5.41, 5.74) is 1.94. The molecule has 6 heteroatoms. The Bertz CT molecular complexity index is 687. The van der Waals surface area contributed by atoms with Crippen molar-refractivity contribution in [1.82, 2.24) is 10.3 Å². The zero-order chi connectivity index (χ0) is 15.7. The maximum atomic E-state index is 12.3. The van der Waals surface area contributed by atoms with Crippen LogP contribution in [-0.4, -0.2) is 24.0 Å². The second-order valence-electron chi connectivity index (χ2n) is 6.97. The quantitative estimate of drug-likeness (QED) is 0.859. The lowest BCUT2D eigenvalue weighted by molar-refractivity contribution is -0.120. The molecule has 0 radical (unpaired) electrons. The van der Waals surface area contributed by atoms with Gasteiger partial charge < -0.3 is 10.6 Å². The van der Waals surface area contributed by atoms with E-state index >= 15 is 0 Å². The van der Waals surface area contributed by atoms with Gasteiger partial charge >= 0.3 is 0 Å². The van der Waals surface area contributed by atoms with E-state index in [1.165, 1.54) is 0 Å². The van der Waals surface area contributed by atoms with Gasteiger partial charge in [-0.25, -0.2) is 4.98 Å². The minimum atomic E-state index is 0. The first-order valence-electron chi connectivity index (χ1n) is 7.86. The van der Waals surface area contributed by atoms with Gasteiger partial charge in [-0.1, -0.05) is 20.8 Å². The van der Waals surface area contributed by atoms with Gasteiger partial charge in [-0.15, -0.1) is 23.7 Å². The molecule has 1 saturated heterocycles. The molecule has 126 valence electrons. The number of carbonyl (C=O) groups is 1. The molecule has 0 aliphatic carbocycles. The normalized spacial score (nSPS) is 16.1. The molecule has 0 unspecified atom stereocenters. The van der Waals surface area contributed by atoms with Gasteiger partial charge in [-0.05, 0) is 44.1 Å². The number of hydrogen-bond donors (Lipinski definition) is 2. The highest BCUT2D eigenvalue weighted by atomic mass is 35.5. The van der Waals surface area contributed by atoms with E-state index in [4.69, 9.17) is 4.98 Å². The van der Waals surface area contributed by atoms with Crippen LogP contribution >= 0.6 is 23.7 Å². The first-order valence-corrected chi connectivity index (χ1v) is 8.68. The Morgan fingerprint density at radius 2 is 2.00 bits per heavy atom. The van der Waals surface area contributed by atoms with Gasteiger partial charge in [0.15, 0.2) is 0 Å². The van der Waals surface area contributed by atoms with E-state index in [-0.39, 0.29) is 29.6 Å². The molecule has 1 fully saturated rings. The summed E-state index contributed by atoms with van der Waals surface area (Å²) in [4.78, 5) is 17.0. The van der Waals surface area contributed by atoms with Crippen molar-refractivity contribution < 1.29 is 4.79 Å². The number of benzene rings is 1. The SMILES string of the molecule is CC(C)(C)c1nc2ccc(NC(=O)C3CCNCC3)cc2s1.Cl. The lowest BCUT2D eigenvalue weighted by Gasteiger charge is -2.21. The summed E-state index contributed by atoms with van der Waals surface area (Å²) in [6.07, 6.45) is 1.84. The van der Waals surface area contributed by atoms with Crippen molar-refractivity contribution in [3.8, 4) is 0 Å². The molecule has 0 saturated carbocycles. The molecule has 0 bridgehead atoms. The van der Waals surface area contributed by atoms with Crippen LogP contribution in [0.25, 0.3) is 10.2 Å². The average Bonchev–Trinajstić information content (AvgIpc) is 2.91. The predicted molar refractivity (Wildman–Crippen MR) is 99.8 cm³/mol. The Balaban J connectivity index is 0.00000192. The molecular weight excluding hydrogens is 330 g/mol. The maximum absolute atomic E-state index is 12.3. The van der Waals surface area contributed by atoms with E-state index in [1.54, 1.807) is 11.3 Å². The predicted octanol–water partition coefficient (Wildman–Crippen LogP) is 3.95. The third-order valence-corrected chi connectivity index (χ3v) is 5.45. The van der Waals surface area contributed by atoms with Crippen molar-refractivity contribution in [3.63, 3.8) is 0 Å². The van der Waals surface area contributed by atoms with Crippen molar-refractivity contribution in [2.45, 2.75) is 39.0 Å². The summed E-state index contributed by atoms with van der Waals surface area (Å²) in [5.74, 6) is 0.268.